The first-order valence-corrected chi connectivity index (χ1v) is 6.60. The molecule has 0 saturated carbocycles. The summed E-state index contributed by atoms with van der Waals surface area (Å²) < 4.78 is 5.64. The topological polar surface area (TPSA) is 78.8 Å². The van der Waals surface area contributed by atoms with Crippen LogP contribution in [0.5, 0.6) is 0 Å². The van der Waals surface area contributed by atoms with Gasteiger partial charge in [-0.3, -0.25) is 4.79 Å². The Morgan fingerprint density at radius 3 is 2.11 bits per heavy atom. The Bertz CT molecular complexity index is 282. The van der Waals surface area contributed by atoms with Crippen LogP contribution in [0.15, 0.2) is 0 Å². The standard InChI is InChI=1S/C13H25NO4/c1-5-13(6-15,7-16)14-12(17)11-8(2)9(3)18-10(11)4/h8-11,15-16H,5-7H2,1-4H3,(H,14,17). The predicted octanol–water partition coefficient (Wildman–Crippen LogP) is 0.296. The molecule has 5 heteroatoms. The van der Waals surface area contributed by atoms with Gasteiger partial charge in [0, 0.05) is 0 Å². The molecule has 0 aromatic rings. The van der Waals surface area contributed by atoms with Gasteiger partial charge in [-0.1, -0.05) is 13.8 Å². The minimum absolute atomic E-state index is 0.0510. The lowest BCUT2D eigenvalue weighted by Crippen LogP contribution is -2.56. The van der Waals surface area contributed by atoms with E-state index in [1.807, 2.05) is 27.7 Å². The third-order valence-electron chi connectivity index (χ3n) is 4.22. The molecular formula is C13H25NO4. The second-order valence-electron chi connectivity index (χ2n) is 5.37. The van der Waals surface area contributed by atoms with Crippen molar-refractivity contribution < 1.29 is 19.7 Å². The van der Waals surface area contributed by atoms with E-state index in [0.717, 1.165) is 0 Å². The van der Waals surface area contributed by atoms with Gasteiger partial charge in [0.25, 0.3) is 0 Å². The molecule has 0 aliphatic carbocycles. The monoisotopic (exact) mass is 259 g/mol. The highest BCUT2D eigenvalue weighted by atomic mass is 16.5. The van der Waals surface area contributed by atoms with Crippen molar-refractivity contribution in [2.24, 2.45) is 11.8 Å². The minimum Gasteiger partial charge on any atom is -0.394 e. The zero-order chi connectivity index (χ0) is 13.9. The maximum atomic E-state index is 12.3. The fraction of sp³-hybridized carbons (Fsp3) is 0.923. The molecule has 1 rings (SSSR count). The number of aliphatic hydroxyl groups excluding tert-OH is 2. The first-order chi connectivity index (χ1) is 8.40. The van der Waals surface area contributed by atoms with Gasteiger partial charge in [0.2, 0.25) is 5.91 Å². The quantitative estimate of drug-likeness (QED) is 0.663. The fourth-order valence-corrected chi connectivity index (χ4v) is 2.50. The van der Waals surface area contributed by atoms with E-state index in [9.17, 15) is 15.0 Å². The van der Waals surface area contributed by atoms with Crippen molar-refractivity contribution in [3.8, 4) is 0 Å². The zero-order valence-corrected chi connectivity index (χ0v) is 11.6. The van der Waals surface area contributed by atoms with Gasteiger partial charge in [0.05, 0.1) is 36.9 Å². The smallest absolute Gasteiger partial charge is 0.226 e. The van der Waals surface area contributed by atoms with E-state index in [1.165, 1.54) is 0 Å². The van der Waals surface area contributed by atoms with E-state index in [1.54, 1.807) is 0 Å². The summed E-state index contributed by atoms with van der Waals surface area (Å²) in [5.41, 5.74) is -0.928. The van der Waals surface area contributed by atoms with Crippen LogP contribution in [0.25, 0.3) is 0 Å². The van der Waals surface area contributed by atoms with Crippen LogP contribution in [0, 0.1) is 11.8 Å². The van der Waals surface area contributed by atoms with E-state index in [0.29, 0.717) is 6.42 Å². The highest BCUT2D eigenvalue weighted by molar-refractivity contribution is 5.80. The second kappa shape index (κ2) is 5.99. The van der Waals surface area contributed by atoms with E-state index in [2.05, 4.69) is 5.32 Å². The third-order valence-corrected chi connectivity index (χ3v) is 4.22. The molecule has 5 nitrogen and oxygen atoms in total. The number of amides is 1. The molecule has 1 fully saturated rings. The van der Waals surface area contributed by atoms with E-state index in [4.69, 9.17) is 4.74 Å². The first-order valence-electron chi connectivity index (χ1n) is 6.60. The van der Waals surface area contributed by atoms with Crippen LogP contribution in [0.1, 0.15) is 34.1 Å². The van der Waals surface area contributed by atoms with Gasteiger partial charge in [-0.2, -0.15) is 0 Å². The SMILES string of the molecule is CCC(CO)(CO)NC(=O)C1C(C)OC(C)C1C. The van der Waals surface area contributed by atoms with Crippen LogP contribution in [0.2, 0.25) is 0 Å². The lowest BCUT2D eigenvalue weighted by Gasteiger charge is -2.32. The third kappa shape index (κ3) is 2.84. The van der Waals surface area contributed by atoms with Crippen LogP contribution in [-0.2, 0) is 9.53 Å². The molecule has 0 radical (unpaired) electrons. The molecule has 0 spiro atoms. The molecule has 0 bridgehead atoms. The molecule has 3 N–H and O–H groups in total. The summed E-state index contributed by atoms with van der Waals surface area (Å²) in [4.78, 5) is 12.3. The minimum atomic E-state index is -0.928. The molecule has 106 valence electrons. The van der Waals surface area contributed by atoms with Crippen molar-refractivity contribution in [1.29, 1.82) is 0 Å². The largest absolute Gasteiger partial charge is 0.394 e. The maximum absolute atomic E-state index is 12.3. The number of nitrogens with one attached hydrogen (secondary N) is 1. The molecular weight excluding hydrogens is 234 g/mol. The summed E-state index contributed by atoms with van der Waals surface area (Å²) in [6.45, 7) is 7.13. The van der Waals surface area contributed by atoms with E-state index in [-0.39, 0.29) is 43.2 Å². The molecule has 18 heavy (non-hydrogen) atoms. The Labute approximate surface area is 109 Å². The van der Waals surface area contributed by atoms with Crippen LogP contribution >= 0.6 is 0 Å². The van der Waals surface area contributed by atoms with Crippen molar-refractivity contribution in [3.05, 3.63) is 0 Å². The predicted molar refractivity (Wildman–Crippen MR) is 68.0 cm³/mol. The van der Waals surface area contributed by atoms with Crippen molar-refractivity contribution in [2.45, 2.75) is 51.9 Å². The number of hydrogen-bond donors (Lipinski definition) is 3. The van der Waals surface area contributed by atoms with Gasteiger partial charge in [0.1, 0.15) is 0 Å². The van der Waals surface area contributed by atoms with Gasteiger partial charge < -0.3 is 20.3 Å². The normalized spacial score (nSPS) is 32.6. The van der Waals surface area contributed by atoms with E-state index < -0.39 is 5.54 Å². The van der Waals surface area contributed by atoms with Gasteiger partial charge in [0.15, 0.2) is 0 Å². The van der Waals surface area contributed by atoms with Crippen molar-refractivity contribution in [3.63, 3.8) is 0 Å². The van der Waals surface area contributed by atoms with E-state index >= 15 is 0 Å². The Kier molecular flexibility index (Phi) is 5.13. The molecule has 1 heterocycles. The Morgan fingerprint density at radius 1 is 1.22 bits per heavy atom. The number of carbonyl (C=O) groups excluding carboxylic acids is 1. The summed E-state index contributed by atoms with van der Waals surface area (Å²) >= 11 is 0. The molecule has 1 aliphatic rings. The van der Waals surface area contributed by atoms with Crippen LogP contribution in [-0.4, -0.2) is 47.1 Å². The highest BCUT2D eigenvalue weighted by Gasteiger charge is 2.43. The lowest BCUT2D eigenvalue weighted by molar-refractivity contribution is -0.130. The summed E-state index contributed by atoms with van der Waals surface area (Å²) in [6.07, 6.45) is 0.398. The summed E-state index contributed by atoms with van der Waals surface area (Å²) in [7, 11) is 0. The second-order valence-corrected chi connectivity index (χ2v) is 5.37. The lowest BCUT2D eigenvalue weighted by atomic mass is 9.87. The summed E-state index contributed by atoms with van der Waals surface area (Å²) in [5.74, 6) is -0.250. The van der Waals surface area contributed by atoms with Crippen LogP contribution in [0.3, 0.4) is 0 Å². The van der Waals surface area contributed by atoms with Gasteiger partial charge in [-0.15, -0.1) is 0 Å². The van der Waals surface area contributed by atoms with Crippen LogP contribution < -0.4 is 5.32 Å². The average Bonchev–Trinajstić information content (AvgIpc) is 2.60. The van der Waals surface area contributed by atoms with Gasteiger partial charge in [-0.05, 0) is 26.2 Å². The molecule has 0 aromatic heterocycles. The van der Waals surface area contributed by atoms with Crippen LogP contribution in [0.4, 0.5) is 0 Å². The Morgan fingerprint density at radius 2 is 1.78 bits per heavy atom. The van der Waals surface area contributed by atoms with Crippen molar-refractivity contribution in [1.82, 2.24) is 5.32 Å². The number of carbonyl (C=O) groups is 1. The Balaban J connectivity index is 2.76. The molecule has 4 atom stereocenters. The summed E-state index contributed by atoms with van der Waals surface area (Å²) in [5, 5.41) is 21.5. The molecule has 0 aromatic carbocycles. The van der Waals surface area contributed by atoms with Crippen molar-refractivity contribution >= 4 is 5.91 Å². The number of rotatable bonds is 5. The fourth-order valence-electron chi connectivity index (χ4n) is 2.50. The number of aliphatic hydroxyl groups is 2. The zero-order valence-electron chi connectivity index (χ0n) is 11.6. The molecule has 1 saturated heterocycles. The number of ether oxygens (including phenoxy) is 1. The molecule has 1 amide bonds. The Hall–Kier alpha value is -0.650. The van der Waals surface area contributed by atoms with Crippen molar-refractivity contribution in [2.75, 3.05) is 13.2 Å². The summed E-state index contributed by atoms with van der Waals surface area (Å²) in [6, 6.07) is 0. The molecule has 1 aliphatic heterocycles. The maximum Gasteiger partial charge on any atom is 0.226 e. The first kappa shape index (κ1) is 15.4. The molecule has 4 unspecified atom stereocenters. The highest BCUT2D eigenvalue weighted by Crippen LogP contribution is 2.32. The number of hydrogen-bond acceptors (Lipinski definition) is 4. The van der Waals surface area contributed by atoms with Gasteiger partial charge in [-0.25, -0.2) is 0 Å². The van der Waals surface area contributed by atoms with Gasteiger partial charge >= 0.3 is 0 Å². The average molecular weight is 259 g/mol.